The number of aliphatic hydroxyl groups excluding tert-OH is 2. The van der Waals surface area contributed by atoms with Gasteiger partial charge < -0.3 is 10.2 Å². The Balaban J connectivity index is 2.79. The van der Waals surface area contributed by atoms with E-state index in [1.165, 1.54) is 6.20 Å². The smallest absolute Gasteiger partial charge is 0.105 e. The van der Waals surface area contributed by atoms with Crippen molar-refractivity contribution in [2.45, 2.75) is 19.1 Å². The molecule has 0 fully saturated rings. The fourth-order valence-electron chi connectivity index (χ4n) is 1.24. The summed E-state index contributed by atoms with van der Waals surface area (Å²) in [7, 11) is 0. The molecule has 80 valence electrons. The maximum atomic E-state index is 9.74. The quantitative estimate of drug-likeness (QED) is 0.440. The average Bonchev–Trinajstić information content (AvgIpc) is 2.25. The zero-order chi connectivity index (χ0) is 11.3. The zero-order valence-corrected chi connectivity index (χ0v) is 8.28. The van der Waals surface area contributed by atoms with Crippen LogP contribution in [0.5, 0.6) is 0 Å². The van der Waals surface area contributed by atoms with E-state index in [0.717, 1.165) is 5.56 Å². The van der Waals surface area contributed by atoms with Crippen LogP contribution < -0.4 is 0 Å². The summed E-state index contributed by atoms with van der Waals surface area (Å²) in [5.74, 6) is 0. The van der Waals surface area contributed by atoms with E-state index in [4.69, 9.17) is 5.53 Å². The number of aromatic nitrogens is 1. The van der Waals surface area contributed by atoms with Crippen molar-refractivity contribution in [2.24, 2.45) is 5.11 Å². The molecule has 2 N–H and O–H groups in total. The van der Waals surface area contributed by atoms with Gasteiger partial charge in [0.2, 0.25) is 0 Å². The summed E-state index contributed by atoms with van der Waals surface area (Å²) in [5.41, 5.74) is 9.45. The van der Waals surface area contributed by atoms with Crippen molar-refractivity contribution < 1.29 is 10.2 Å². The molecule has 0 bridgehead atoms. The SMILES string of the molecule is Cc1cnccc1C(O)C(O)CN=[N+]=[N-]. The van der Waals surface area contributed by atoms with Crippen LogP contribution in [-0.4, -0.2) is 27.8 Å². The minimum absolute atomic E-state index is 0.153. The molecule has 1 heterocycles. The standard InChI is InChI=1S/C9H12N4O2/c1-6-4-11-3-2-7(6)9(15)8(14)5-12-13-10/h2-4,8-9,14-15H,5H2,1H3. The molecule has 0 aliphatic carbocycles. The second-order valence-electron chi connectivity index (χ2n) is 3.16. The van der Waals surface area contributed by atoms with Gasteiger partial charge in [0, 0.05) is 17.3 Å². The number of pyridine rings is 1. The van der Waals surface area contributed by atoms with E-state index in [2.05, 4.69) is 15.0 Å². The number of nitrogens with zero attached hydrogens (tertiary/aromatic N) is 4. The Morgan fingerprint density at radius 2 is 2.33 bits per heavy atom. The summed E-state index contributed by atoms with van der Waals surface area (Å²) < 4.78 is 0. The molecular formula is C9H12N4O2. The number of aliphatic hydroxyl groups is 2. The first kappa shape index (κ1) is 11.5. The molecule has 6 nitrogen and oxygen atoms in total. The molecule has 0 spiro atoms. The Kier molecular flexibility index (Phi) is 4.05. The molecule has 1 rings (SSSR count). The molecule has 0 radical (unpaired) electrons. The Morgan fingerprint density at radius 1 is 1.60 bits per heavy atom. The molecule has 0 aromatic carbocycles. The van der Waals surface area contributed by atoms with Gasteiger partial charge in [0.15, 0.2) is 0 Å². The number of hydrogen-bond acceptors (Lipinski definition) is 4. The highest BCUT2D eigenvalue weighted by Crippen LogP contribution is 2.19. The minimum Gasteiger partial charge on any atom is -0.390 e. The normalized spacial score (nSPS) is 14.1. The lowest BCUT2D eigenvalue weighted by Gasteiger charge is -2.17. The Bertz CT molecular complexity index is 376. The molecule has 0 aliphatic heterocycles. The molecule has 0 aliphatic rings. The van der Waals surface area contributed by atoms with Crippen LogP contribution in [0.4, 0.5) is 0 Å². The van der Waals surface area contributed by atoms with Crippen LogP contribution in [0.15, 0.2) is 23.6 Å². The summed E-state index contributed by atoms with van der Waals surface area (Å²) >= 11 is 0. The highest BCUT2D eigenvalue weighted by atomic mass is 16.3. The van der Waals surface area contributed by atoms with E-state index in [-0.39, 0.29) is 6.54 Å². The van der Waals surface area contributed by atoms with Gasteiger partial charge in [0.25, 0.3) is 0 Å². The van der Waals surface area contributed by atoms with Gasteiger partial charge in [-0.1, -0.05) is 5.11 Å². The summed E-state index contributed by atoms with van der Waals surface area (Å²) in [5, 5.41) is 22.4. The van der Waals surface area contributed by atoms with Gasteiger partial charge in [-0.25, -0.2) is 0 Å². The van der Waals surface area contributed by atoms with Crippen molar-refractivity contribution in [3.63, 3.8) is 0 Å². The van der Waals surface area contributed by atoms with Gasteiger partial charge in [0.1, 0.15) is 6.10 Å². The van der Waals surface area contributed by atoms with Gasteiger partial charge in [-0.2, -0.15) is 0 Å². The lowest BCUT2D eigenvalue weighted by atomic mass is 10.0. The van der Waals surface area contributed by atoms with Crippen LogP contribution in [0.3, 0.4) is 0 Å². The molecule has 6 heteroatoms. The molecule has 0 saturated heterocycles. The molecular weight excluding hydrogens is 196 g/mol. The first-order valence-corrected chi connectivity index (χ1v) is 4.44. The monoisotopic (exact) mass is 208 g/mol. The van der Waals surface area contributed by atoms with Gasteiger partial charge in [0.05, 0.1) is 12.6 Å². The second kappa shape index (κ2) is 5.31. The average molecular weight is 208 g/mol. The van der Waals surface area contributed by atoms with E-state index in [9.17, 15) is 10.2 Å². The molecule has 1 aromatic heterocycles. The van der Waals surface area contributed by atoms with Crippen LogP contribution in [0.25, 0.3) is 10.4 Å². The van der Waals surface area contributed by atoms with Crippen molar-refractivity contribution in [3.8, 4) is 0 Å². The number of rotatable bonds is 4. The van der Waals surface area contributed by atoms with E-state index < -0.39 is 12.2 Å². The summed E-state index contributed by atoms with van der Waals surface area (Å²) in [6.07, 6.45) is 0.977. The Hall–Kier alpha value is -1.62. The predicted molar refractivity (Wildman–Crippen MR) is 54.0 cm³/mol. The minimum atomic E-state index is -1.10. The number of aryl methyl sites for hydroxylation is 1. The van der Waals surface area contributed by atoms with Crippen molar-refractivity contribution in [1.82, 2.24) is 4.98 Å². The van der Waals surface area contributed by atoms with Gasteiger partial charge in [-0.3, -0.25) is 4.98 Å². The van der Waals surface area contributed by atoms with Gasteiger partial charge >= 0.3 is 0 Å². The first-order chi connectivity index (χ1) is 7.16. The summed E-state index contributed by atoms with van der Waals surface area (Å²) in [4.78, 5) is 6.39. The van der Waals surface area contributed by atoms with Crippen LogP contribution in [-0.2, 0) is 0 Å². The molecule has 0 amide bonds. The number of hydrogen-bond donors (Lipinski definition) is 2. The van der Waals surface area contributed by atoms with Gasteiger partial charge in [-0.15, -0.1) is 0 Å². The predicted octanol–water partition coefficient (Wildman–Crippen LogP) is 1.09. The maximum Gasteiger partial charge on any atom is 0.105 e. The molecule has 0 saturated carbocycles. The molecule has 15 heavy (non-hydrogen) atoms. The fourth-order valence-corrected chi connectivity index (χ4v) is 1.24. The third-order valence-electron chi connectivity index (χ3n) is 2.08. The maximum absolute atomic E-state index is 9.74. The van der Waals surface area contributed by atoms with Crippen LogP contribution in [0.2, 0.25) is 0 Å². The third-order valence-corrected chi connectivity index (χ3v) is 2.08. The van der Waals surface area contributed by atoms with Crippen molar-refractivity contribution >= 4 is 0 Å². The molecule has 2 atom stereocenters. The largest absolute Gasteiger partial charge is 0.390 e. The van der Waals surface area contributed by atoms with Gasteiger partial charge in [-0.05, 0) is 29.6 Å². The summed E-state index contributed by atoms with van der Waals surface area (Å²) in [6.45, 7) is 1.63. The van der Waals surface area contributed by atoms with Crippen molar-refractivity contribution in [2.75, 3.05) is 6.54 Å². The highest BCUT2D eigenvalue weighted by molar-refractivity contribution is 5.24. The van der Waals surface area contributed by atoms with E-state index in [1.807, 2.05) is 0 Å². The van der Waals surface area contributed by atoms with Crippen LogP contribution in [0.1, 0.15) is 17.2 Å². The van der Waals surface area contributed by atoms with E-state index in [0.29, 0.717) is 5.56 Å². The first-order valence-electron chi connectivity index (χ1n) is 4.44. The topological polar surface area (TPSA) is 102 Å². The van der Waals surface area contributed by atoms with Crippen molar-refractivity contribution in [1.29, 1.82) is 0 Å². The van der Waals surface area contributed by atoms with E-state index in [1.54, 1.807) is 19.2 Å². The highest BCUT2D eigenvalue weighted by Gasteiger charge is 2.18. The van der Waals surface area contributed by atoms with Crippen LogP contribution in [0, 0.1) is 6.92 Å². The fraction of sp³-hybridized carbons (Fsp3) is 0.444. The Morgan fingerprint density at radius 3 is 2.93 bits per heavy atom. The lowest BCUT2D eigenvalue weighted by molar-refractivity contribution is 0.0240. The van der Waals surface area contributed by atoms with Crippen molar-refractivity contribution in [3.05, 3.63) is 40.0 Å². The molecule has 2 unspecified atom stereocenters. The lowest BCUT2D eigenvalue weighted by Crippen LogP contribution is -2.21. The summed E-state index contributed by atoms with van der Waals surface area (Å²) in [6, 6.07) is 1.62. The molecule has 1 aromatic rings. The van der Waals surface area contributed by atoms with Crippen LogP contribution >= 0.6 is 0 Å². The number of azide groups is 1. The third kappa shape index (κ3) is 2.92. The second-order valence-corrected chi connectivity index (χ2v) is 3.16. The van der Waals surface area contributed by atoms with E-state index >= 15 is 0 Å². The Labute approximate surface area is 86.8 Å². The zero-order valence-electron chi connectivity index (χ0n) is 8.28.